The minimum absolute atomic E-state index is 0.0476. The number of carbonyl (C=O) groups excluding carboxylic acids is 1. The SMILES string of the molecule is COc1ccc2nc(N3CCCC(C(=O)NCCCN(C)C4CCCCC4)C3)sc2c1. The predicted molar refractivity (Wildman–Crippen MR) is 128 cm³/mol. The third kappa shape index (κ3) is 5.69. The van der Waals surface area contributed by atoms with Crippen molar-refractivity contribution in [2.75, 3.05) is 45.2 Å². The summed E-state index contributed by atoms with van der Waals surface area (Å²) in [5.74, 6) is 1.10. The average molecular weight is 445 g/mol. The van der Waals surface area contributed by atoms with Gasteiger partial charge < -0.3 is 19.9 Å². The van der Waals surface area contributed by atoms with Crippen LogP contribution in [-0.4, -0.2) is 62.2 Å². The Hall–Kier alpha value is -1.86. The third-order valence-electron chi connectivity index (χ3n) is 6.83. The second kappa shape index (κ2) is 10.6. The van der Waals surface area contributed by atoms with Crippen molar-refractivity contribution in [3.8, 4) is 5.75 Å². The largest absolute Gasteiger partial charge is 0.497 e. The van der Waals surface area contributed by atoms with E-state index in [9.17, 15) is 4.79 Å². The molecule has 170 valence electrons. The van der Waals surface area contributed by atoms with Gasteiger partial charge in [-0.15, -0.1) is 0 Å². The van der Waals surface area contributed by atoms with Crippen LogP contribution in [-0.2, 0) is 4.79 Å². The maximum absolute atomic E-state index is 12.8. The monoisotopic (exact) mass is 444 g/mol. The van der Waals surface area contributed by atoms with Crippen molar-refractivity contribution in [1.82, 2.24) is 15.2 Å². The zero-order valence-corrected chi connectivity index (χ0v) is 19.8. The van der Waals surface area contributed by atoms with Crippen LogP contribution < -0.4 is 15.0 Å². The molecule has 6 nitrogen and oxygen atoms in total. The number of amides is 1. The molecule has 31 heavy (non-hydrogen) atoms. The minimum Gasteiger partial charge on any atom is -0.497 e. The first-order valence-corrected chi connectivity index (χ1v) is 12.6. The fourth-order valence-electron chi connectivity index (χ4n) is 4.91. The van der Waals surface area contributed by atoms with Crippen molar-refractivity contribution in [3.05, 3.63) is 18.2 Å². The highest BCUT2D eigenvalue weighted by atomic mass is 32.1. The van der Waals surface area contributed by atoms with Crippen LogP contribution in [0.5, 0.6) is 5.75 Å². The lowest BCUT2D eigenvalue weighted by Crippen LogP contribution is -2.43. The van der Waals surface area contributed by atoms with Gasteiger partial charge in [0.05, 0.1) is 23.2 Å². The zero-order chi connectivity index (χ0) is 21.6. The van der Waals surface area contributed by atoms with Crippen LogP contribution in [0.2, 0.25) is 0 Å². The Labute approximate surface area is 190 Å². The summed E-state index contributed by atoms with van der Waals surface area (Å²) in [4.78, 5) is 22.4. The van der Waals surface area contributed by atoms with Gasteiger partial charge in [0.25, 0.3) is 0 Å². The molecule has 1 atom stereocenters. The summed E-state index contributed by atoms with van der Waals surface area (Å²) in [5.41, 5.74) is 0.995. The van der Waals surface area contributed by atoms with Crippen molar-refractivity contribution in [1.29, 1.82) is 0 Å². The zero-order valence-electron chi connectivity index (χ0n) is 18.9. The Bertz CT molecular complexity index is 864. The summed E-state index contributed by atoms with van der Waals surface area (Å²) in [5, 5.41) is 4.21. The van der Waals surface area contributed by atoms with Crippen LogP contribution in [0.15, 0.2) is 18.2 Å². The molecule has 0 spiro atoms. The standard InChI is InChI=1S/C24H36N4O2S/c1-27(19-9-4-3-5-10-19)14-7-13-25-23(29)18-8-6-15-28(17-18)24-26-21-12-11-20(30-2)16-22(21)31-24/h11-12,16,18-19H,3-10,13-15,17H2,1-2H3,(H,25,29). The van der Waals surface area contributed by atoms with Gasteiger partial charge in [-0.1, -0.05) is 30.6 Å². The van der Waals surface area contributed by atoms with Gasteiger partial charge in [-0.2, -0.15) is 0 Å². The molecule has 4 rings (SSSR count). The van der Waals surface area contributed by atoms with Gasteiger partial charge in [0.1, 0.15) is 5.75 Å². The number of hydrogen-bond donors (Lipinski definition) is 1. The van der Waals surface area contributed by atoms with Crippen molar-refractivity contribution < 1.29 is 9.53 Å². The first-order valence-electron chi connectivity index (χ1n) is 11.8. The lowest BCUT2D eigenvalue weighted by molar-refractivity contribution is -0.125. The van der Waals surface area contributed by atoms with Gasteiger partial charge in [0.2, 0.25) is 5.91 Å². The van der Waals surface area contributed by atoms with Gasteiger partial charge in [0.15, 0.2) is 5.13 Å². The first kappa shape index (κ1) is 22.3. The maximum atomic E-state index is 12.8. The smallest absolute Gasteiger partial charge is 0.224 e. The fourth-order valence-corrected chi connectivity index (χ4v) is 5.94. The quantitative estimate of drug-likeness (QED) is 0.616. The van der Waals surface area contributed by atoms with E-state index in [0.717, 1.165) is 72.6 Å². The van der Waals surface area contributed by atoms with Crippen molar-refractivity contribution in [2.45, 2.75) is 57.4 Å². The normalized spacial score (nSPS) is 20.4. The van der Waals surface area contributed by atoms with Crippen LogP contribution >= 0.6 is 11.3 Å². The summed E-state index contributed by atoms with van der Waals surface area (Å²) in [7, 11) is 3.93. The Balaban J connectivity index is 1.24. The molecule has 2 aromatic rings. The number of hydrogen-bond acceptors (Lipinski definition) is 6. The van der Waals surface area contributed by atoms with Gasteiger partial charge in [-0.05, 0) is 63.9 Å². The van der Waals surface area contributed by atoms with E-state index in [2.05, 4.69) is 22.2 Å². The number of piperidine rings is 1. The number of rotatable bonds is 8. The molecule has 1 saturated carbocycles. The number of nitrogens with one attached hydrogen (secondary N) is 1. The summed E-state index contributed by atoms with van der Waals surface area (Å²) in [6.45, 7) is 3.56. The molecular weight excluding hydrogens is 408 g/mol. The number of fused-ring (bicyclic) bond motifs is 1. The Kier molecular flexibility index (Phi) is 7.67. The van der Waals surface area contributed by atoms with Gasteiger partial charge >= 0.3 is 0 Å². The molecule has 0 radical (unpaired) electrons. The van der Waals surface area contributed by atoms with Gasteiger partial charge in [0, 0.05) is 25.7 Å². The second-order valence-electron chi connectivity index (χ2n) is 9.03. The number of thiazole rings is 1. The van der Waals surface area contributed by atoms with E-state index >= 15 is 0 Å². The molecule has 1 aliphatic heterocycles. The lowest BCUT2D eigenvalue weighted by atomic mass is 9.94. The van der Waals surface area contributed by atoms with E-state index in [1.807, 2.05) is 18.2 Å². The lowest BCUT2D eigenvalue weighted by Gasteiger charge is -2.32. The Morgan fingerprint density at radius 3 is 2.90 bits per heavy atom. The topological polar surface area (TPSA) is 57.7 Å². The number of ether oxygens (including phenoxy) is 1. The van der Waals surface area contributed by atoms with E-state index in [-0.39, 0.29) is 11.8 Å². The van der Waals surface area contributed by atoms with Crippen LogP contribution in [0.1, 0.15) is 51.4 Å². The van der Waals surface area contributed by atoms with Crippen molar-refractivity contribution in [3.63, 3.8) is 0 Å². The van der Waals surface area contributed by atoms with Crippen LogP contribution in [0.4, 0.5) is 5.13 Å². The second-order valence-corrected chi connectivity index (χ2v) is 10.0. The van der Waals surface area contributed by atoms with Gasteiger partial charge in [-0.25, -0.2) is 4.98 Å². The number of anilines is 1. The van der Waals surface area contributed by atoms with Crippen molar-refractivity contribution >= 4 is 32.6 Å². The summed E-state index contributed by atoms with van der Waals surface area (Å²) >= 11 is 1.68. The number of nitrogens with zero attached hydrogens (tertiary/aromatic N) is 3. The fraction of sp³-hybridized carbons (Fsp3) is 0.667. The summed E-state index contributed by atoms with van der Waals surface area (Å²) in [6.07, 6.45) is 9.81. The molecule has 2 fully saturated rings. The molecule has 2 aliphatic rings. The molecule has 1 unspecified atom stereocenters. The van der Waals surface area contributed by atoms with Crippen molar-refractivity contribution in [2.24, 2.45) is 5.92 Å². The average Bonchev–Trinajstić information content (AvgIpc) is 3.25. The predicted octanol–water partition coefficient (Wildman–Crippen LogP) is 4.29. The van der Waals surface area contributed by atoms with E-state index in [0.29, 0.717) is 0 Å². The molecule has 1 aliphatic carbocycles. The maximum Gasteiger partial charge on any atom is 0.224 e. The van der Waals surface area contributed by atoms with E-state index < -0.39 is 0 Å². The molecule has 7 heteroatoms. The Morgan fingerprint density at radius 2 is 2.10 bits per heavy atom. The molecule has 1 aromatic heterocycles. The molecule has 1 N–H and O–H groups in total. The van der Waals surface area contributed by atoms with Crippen LogP contribution in [0, 0.1) is 5.92 Å². The number of benzene rings is 1. The molecule has 1 aromatic carbocycles. The highest BCUT2D eigenvalue weighted by Gasteiger charge is 2.27. The minimum atomic E-state index is 0.0476. The molecular formula is C24H36N4O2S. The highest BCUT2D eigenvalue weighted by molar-refractivity contribution is 7.22. The number of methoxy groups -OCH3 is 1. The van der Waals surface area contributed by atoms with Crippen LogP contribution in [0.3, 0.4) is 0 Å². The molecule has 0 bridgehead atoms. The highest BCUT2D eigenvalue weighted by Crippen LogP contribution is 2.33. The first-order chi connectivity index (χ1) is 15.1. The van der Waals surface area contributed by atoms with E-state index in [1.165, 1.54) is 32.1 Å². The third-order valence-corrected chi connectivity index (χ3v) is 7.91. The van der Waals surface area contributed by atoms with E-state index in [1.54, 1.807) is 18.4 Å². The van der Waals surface area contributed by atoms with E-state index in [4.69, 9.17) is 9.72 Å². The molecule has 1 saturated heterocycles. The number of carbonyl (C=O) groups is 1. The summed E-state index contributed by atoms with van der Waals surface area (Å²) < 4.78 is 6.46. The molecule has 2 heterocycles. The summed E-state index contributed by atoms with van der Waals surface area (Å²) in [6, 6.07) is 6.73. The number of aromatic nitrogens is 1. The van der Waals surface area contributed by atoms with Gasteiger partial charge in [-0.3, -0.25) is 4.79 Å². The Morgan fingerprint density at radius 1 is 1.26 bits per heavy atom. The van der Waals surface area contributed by atoms with Crippen LogP contribution in [0.25, 0.3) is 10.2 Å². The molecule has 1 amide bonds.